The van der Waals surface area contributed by atoms with Crippen molar-refractivity contribution in [2.24, 2.45) is 11.8 Å². The third kappa shape index (κ3) is 5.86. The van der Waals surface area contributed by atoms with Crippen molar-refractivity contribution >= 4 is 22.7 Å². The van der Waals surface area contributed by atoms with E-state index in [0.29, 0.717) is 54.7 Å². The maximum atomic E-state index is 14.6. The van der Waals surface area contributed by atoms with Crippen molar-refractivity contribution in [1.82, 2.24) is 9.88 Å². The second kappa shape index (κ2) is 11.3. The quantitative estimate of drug-likeness (QED) is 0.385. The zero-order valence-electron chi connectivity index (χ0n) is 19.8. The third-order valence-corrected chi connectivity index (χ3v) is 6.57. The van der Waals surface area contributed by atoms with Gasteiger partial charge in [0.1, 0.15) is 11.6 Å². The summed E-state index contributed by atoms with van der Waals surface area (Å²) in [5, 5.41) is 10.2. The van der Waals surface area contributed by atoms with Crippen molar-refractivity contribution in [3.63, 3.8) is 0 Å². The summed E-state index contributed by atoms with van der Waals surface area (Å²) >= 11 is 0. The molecule has 0 amide bonds. The Morgan fingerprint density at radius 3 is 2.81 bits per heavy atom. The van der Waals surface area contributed by atoms with Crippen molar-refractivity contribution in [3.05, 3.63) is 71.4 Å². The number of likely N-dealkylation sites (tertiary alicyclic amines) is 1. The zero-order chi connectivity index (χ0) is 25.7. The molecule has 1 N–H and O–H groups in total. The Balaban J connectivity index is 1.41. The minimum Gasteiger partial charge on any atom is -0.497 e. The fourth-order valence-electron chi connectivity index (χ4n) is 4.66. The Morgan fingerprint density at radius 1 is 1.22 bits per heavy atom. The van der Waals surface area contributed by atoms with E-state index < -0.39 is 17.7 Å². The Labute approximate surface area is 207 Å². The van der Waals surface area contributed by atoms with Crippen LogP contribution in [0.3, 0.4) is 0 Å². The van der Waals surface area contributed by atoms with Crippen LogP contribution in [0.1, 0.15) is 35.2 Å². The second-order valence-corrected chi connectivity index (χ2v) is 8.87. The number of hydrogen-bond acceptors (Lipinski definition) is 5. The summed E-state index contributed by atoms with van der Waals surface area (Å²) in [5.74, 6) is 3.10. The number of carbonyl (C=O) groups excluding carboxylic acids is 1. The number of carbonyl (C=O) groups is 2. The van der Waals surface area contributed by atoms with Gasteiger partial charge in [-0.25, -0.2) is 8.78 Å². The maximum absolute atomic E-state index is 14.6. The summed E-state index contributed by atoms with van der Waals surface area (Å²) in [6, 6.07) is 10.9. The first-order valence-corrected chi connectivity index (χ1v) is 11.7. The minimum absolute atomic E-state index is 0.0288. The number of aliphatic carboxylic acids is 1. The fraction of sp³-hybridized carbons (Fsp3) is 0.321. The Hall–Kier alpha value is -3.83. The van der Waals surface area contributed by atoms with Crippen LogP contribution in [0.25, 0.3) is 10.9 Å². The maximum Gasteiger partial charge on any atom is 0.308 e. The molecule has 3 aromatic rings. The van der Waals surface area contributed by atoms with Crippen LogP contribution in [0.2, 0.25) is 0 Å². The van der Waals surface area contributed by atoms with Gasteiger partial charge in [-0.3, -0.25) is 19.5 Å². The molecule has 36 heavy (non-hydrogen) atoms. The first kappa shape index (κ1) is 25.3. The molecule has 2 aromatic carbocycles. The first-order chi connectivity index (χ1) is 17.4. The number of nitrogens with zero attached hydrogens (tertiary/aromatic N) is 2. The molecule has 1 aliphatic rings. The molecule has 0 saturated carbocycles. The number of rotatable bonds is 7. The van der Waals surface area contributed by atoms with Gasteiger partial charge in [0.05, 0.1) is 36.8 Å². The zero-order valence-corrected chi connectivity index (χ0v) is 19.8. The van der Waals surface area contributed by atoms with Crippen molar-refractivity contribution in [2.45, 2.75) is 19.3 Å². The highest BCUT2D eigenvalue weighted by Crippen LogP contribution is 2.30. The molecule has 0 aliphatic carbocycles. The number of piperidine rings is 1. The fourth-order valence-corrected chi connectivity index (χ4v) is 4.66. The van der Waals surface area contributed by atoms with E-state index in [2.05, 4.69) is 16.8 Å². The summed E-state index contributed by atoms with van der Waals surface area (Å²) in [5.41, 5.74) is 0.999. The number of Topliss-reactive ketones (excluding diaryl/α,β-unsaturated/α-hetero) is 1. The van der Waals surface area contributed by atoms with Gasteiger partial charge in [-0.1, -0.05) is 17.9 Å². The van der Waals surface area contributed by atoms with Gasteiger partial charge in [-0.05, 0) is 61.7 Å². The van der Waals surface area contributed by atoms with E-state index in [1.54, 1.807) is 30.3 Å². The van der Waals surface area contributed by atoms with Crippen LogP contribution in [0.5, 0.6) is 5.75 Å². The molecule has 0 bridgehead atoms. The Morgan fingerprint density at radius 2 is 2.06 bits per heavy atom. The predicted octanol–water partition coefficient (Wildman–Crippen LogP) is 4.56. The average molecular weight is 493 g/mol. The van der Waals surface area contributed by atoms with Crippen molar-refractivity contribution in [2.75, 3.05) is 26.7 Å². The van der Waals surface area contributed by atoms with Gasteiger partial charge in [0.25, 0.3) is 0 Å². The number of pyridine rings is 1. The highest BCUT2D eigenvalue weighted by atomic mass is 19.1. The van der Waals surface area contributed by atoms with Gasteiger partial charge >= 0.3 is 5.97 Å². The Bertz CT molecular complexity index is 1350. The van der Waals surface area contributed by atoms with Crippen LogP contribution < -0.4 is 4.74 Å². The lowest BCUT2D eigenvalue weighted by atomic mass is 9.81. The van der Waals surface area contributed by atoms with Crippen LogP contribution in [0.4, 0.5) is 8.78 Å². The van der Waals surface area contributed by atoms with Gasteiger partial charge in [-0.15, -0.1) is 0 Å². The first-order valence-electron chi connectivity index (χ1n) is 11.7. The number of ketones is 1. The molecule has 1 aliphatic heterocycles. The molecular weight excluding hydrogens is 466 g/mol. The van der Waals surface area contributed by atoms with E-state index in [9.17, 15) is 23.5 Å². The van der Waals surface area contributed by atoms with Crippen LogP contribution >= 0.6 is 0 Å². The minimum atomic E-state index is -0.930. The van der Waals surface area contributed by atoms with Crippen LogP contribution in [0.15, 0.2) is 48.7 Å². The number of carboxylic acids is 1. The summed E-state index contributed by atoms with van der Waals surface area (Å²) < 4.78 is 33.1. The molecule has 1 fully saturated rings. The molecule has 1 saturated heterocycles. The van der Waals surface area contributed by atoms with E-state index in [1.165, 1.54) is 19.2 Å². The van der Waals surface area contributed by atoms with Gasteiger partial charge in [0.2, 0.25) is 0 Å². The normalized spacial score (nSPS) is 17.9. The van der Waals surface area contributed by atoms with Gasteiger partial charge < -0.3 is 9.84 Å². The smallest absolute Gasteiger partial charge is 0.308 e. The summed E-state index contributed by atoms with van der Waals surface area (Å²) in [6.45, 7) is 1.29. The molecular formula is C28H26F2N2O4. The van der Waals surface area contributed by atoms with E-state index >= 15 is 0 Å². The number of methoxy groups -OCH3 is 1. The summed E-state index contributed by atoms with van der Waals surface area (Å²) in [7, 11) is 1.49. The highest BCUT2D eigenvalue weighted by Gasteiger charge is 2.34. The van der Waals surface area contributed by atoms with Crippen molar-refractivity contribution < 1.29 is 28.2 Å². The number of halogens is 2. The van der Waals surface area contributed by atoms with E-state index in [-0.39, 0.29) is 29.5 Å². The molecule has 6 nitrogen and oxygen atoms in total. The van der Waals surface area contributed by atoms with E-state index in [4.69, 9.17) is 4.74 Å². The molecule has 8 heteroatoms. The number of ether oxygens (including phenoxy) is 1. The highest BCUT2D eigenvalue weighted by molar-refractivity contribution is 6.07. The molecule has 4 rings (SSSR count). The monoisotopic (exact) mass is 492 g/mol. The molecule has 186 valence electrons. The lowest BCUT2D eigenvalue weighted by Gasteiger charge is -2.35. The molecule has 0 spiro atoms. The number of hydrogen-bond donors (Lipinski definition) is 1. The average Bonchev–Trinajstić information content (AvgIpc) is 2.87. The van der Waals surface area contributed by atoms with Crippen LogP contribution in [0, 0.1) is 35.3 Å². The van der Waals surface area contributed by atoms with Gasteiger partial charge in [0.15, 0.2) is 11.6 Å². The van der Waals surface area contributed by atoms with Gasteiger partial charge in [0, 0.05) is 23.9 Å². The molecule has 2 atom stereocenters. The van der Waals surface area contributed by atoms with Gasteiger partial charge in [-0.2, -0.15) is 0 Å². The SMILES string of the molecule is COc1ccc2ncc(F)c(C(=O)CC[C@H]3CCN(CC#Cc4cccc(F)c4)C[C@H]3C(=O)O)c2c1. The number of benzene rings is 2. The van der Waals surface area contributed by atoms with Crippen LogP contribution in [-0.4, -0.2) is 53.5 Å². The van der Waals surface area contributed by atoms with Crippen LogP contribution in [-0.2, 0) is 4.79 Å². The Kier molecular flexibility index (Phi) is 7.91. The summed E-state index contributed by atoms with van der Waals surface area (Å²) in [4.78, 5) is 31.0. The summed E-state index contributed by atoms with van der Waals surface area (Å²) in [6.07, 6.45) is 1.98. The molecule has 2 heterocycles. The number of aromatic nitrogens is 1. The van der Waals surface area contributed by atoms with E-state index in [0.717, 1.165) is 6.20 Å². The topological polar surface area (TPSA) is 79.7 Å². The van der Waals surface area contributed by atoms with E-state index in [1.807, 2.05) is 4.90 Å². The van der Waals surface area contributed by atoms with Crippen molar-refractivity contribution in [1.29, 1.82) is 0 Å². The molecule has 0 unspecified atom stereocenters. The largest absolute Gasteiger partial charge is 0.497 e. The third-order valence-electron chi connectivity index (χ3n) is 6.57. The standard InChI is InChI=1S/C28H26F2N2O4/c1-36-21-8-9-25-22(15-21)27(24(30)16-31-25)26(33)10-7-19-11-13-32(17-23(19)28(34)35)12-3-5-18-4-2-6-20(29)14-18/h2,4,6,8-9,14-16,19,23H,7,10-13,17H2,1H3,(H,34,35)/t19-,23+/m0/s1. The lowest BCUT2D eigenvalue weighted by molar-refractivity contribution is -0.146. The predicted molar refractivity (Wildman–Crippen MR) is 131 cm³/mol. The lowest BCUT2D eigenvalue weighted by Crippen LogP contribution is -2.44. The van der Waals surface area contributed by atoms with Crippen molar-refractivity contribution in [3.8, 4) is 17.6 Å². The molecule has 1 aromatic heterocycles. The second-order valence-electron chi connectivity index (χ2n) is 8.87. The number of carboxylic acid groups (broad SMARTS) is 1. The molecule has 0 radical (unpaired) electrons. The number of fused-ring (bicyclic) bond motifs is 1.